The first kappa shape index (κ1) is 38.1. The molecule has 10 rings (SSSR count). The molecule has 0 unspecified atom stereocenters. The van der Waals surface area contributed by atoms with Crippen molar-refractivity contribution in [3.05, 3.63) is 260 Å². The Hall–Kier alpha value is -8.12. The Morgan fingerprint density at radius 3 is 1.42 bits per heavy atom. The van der Waals surface area contributed by atoms with Gasteiger partial charge in [-0.2, -0.15) is 0 Å². The first-order valence-electron chi connectivity index (χ1n) is 21.3. The summed E-state index contributed by atoms with van der Waals surface area (Å²) in [6.07, 6.45) is 9.04. The van der Waals surface area contributed by atoms with Gasteiger partial charge in [0.25, 0.3) is 0 Å². The third kappa shape index (κ3) is 8.09. The maximum absolute atomic E-state index is 3.18. The van der Waals surface area contributed by atoms with E-state index in [4.69, 9.17) is 0 Å². The molecule has 9 aromatic carbocycles. The molecule has 0 bridgehead atoms. The second kappa shape index (κ2) is 17.6. The van der Waals surface area contributed by atoms with E-state index in [0.29, 0.717) is 0 Å². The summed E-state index contributed by atoms with van der Waals surface area (Å²) in [6, 6.07) is 86.6. The van der Waals surface area contributed by atoms with Crippen LogP contribution in [-0.2, 0) is 0 Å². The Labute approximate surface area is 365 Å². The third-order valence-electron chi connectivity index (χ3n) is 11.6. The maximum atomic E-state index is 3.18. The van der Waals surface area contributed by atoms with Crippen molar-refractivity contribution in [2.45, 2.75) is 12.8 Å². The smallest absolute Gasteiger partial charge is 0.0551 e. The van der Waals surface area contributed by atoms with Crippen LogP contribution in [0, 0.1) is 12.1 Å². The number of allylic oxidation sites excluding steroid dienone is 4. The molecule has 0 saturated carbocycles. The van der Waals surface area contributed by atoms with Gasteiger partial charge in [-0.3, -0.25) is 0 Å². The van der Waals surface area contributed by atoms with E-state index in [-0.39, 0.29) is 0 Å². The summed E-state index contributed by atoms with van der Waals surface area (Å²) < 4.78 is 0. The predicted molar refractivity (Wildman–Crippen MR) is 262 cm³/mol. The summed E-state index contributed by atoms with van der Waals surface area (Å²) >= 11 is 0. The van der Waals surface area contributed by atoms with Gasteiger partial charge in [0, 0.05) is 34.5 Å². The van der Waals surface area contributed by atoms with Gasteiger partial charge in [-0.1, -0.05) is 176 Å². The molecule has 2 heteroatoms. The molecule has 2 nitrogen and oxygen atoms in total. The number of hydrogen-bond donors (Lipinski definition) is 0. The highest BCUT2D eigenvalue weighted by Crippen LogP contribution is 2.43. The van der Waals surface area contributed by atoms with Crippen LogP contribution in [0.25, 0.3) is 50.1 Å². The van der Waals surface area contributed by atoms with Gasteiger partial charge in [-0.15, -0.1) is 0 Å². The van der Waals surface area contributed by atoms with Crippen molar-refractivity contribution in [1.29, 1.82) is 0 Å². The van der Waals surface area contributed by atoms with E-state index in [9.17, 15) is 0 Å². The molecule has 62 heavy (non-hydrogen) atoms. The van der Waals surface area contributed by atoms with Gasteiger partial charge in [0.2, 0.25) is 0 Å². The Balaban J connectivity index is 1.05. The van der Waals surface area contributed by atoms with Gasteiger partial charge in [-0.25, -0.2) is 0 Å². The molecule has 294 valence electrons. The van der Waals surface area contributed by atoms with Crippen molar-refractivity contribution in [3.8, 4) is 44.5 Å². The Morgan fingerprint density at radius 1 is 0.323 bits per heavy atom. The lowest BCUT2D eigenvalue weighted by molar-refractivity contribution is 1.04. The predicted octanol–water partition coefficient (Wildman–Crippen LogP) is 16.6. The van der Waals surface area contributed by atoms with Gasteiger partial charge < -0.3 is 9.80 Å². The van der Waals surface area contributed by atoms with E-state index in [1.807, 2.05) is 12.1 Å². The van der Waals surface area contributed by atoms with Crippen LogP contribution in [0.5, 0.6) is 0 Å². The zero-order valence-corrected chi connectivity index (χ0v) is 34.4. The monoisotopic (exact) mass is 792 g/mol. The minimum absolute atomic E-state index is 1.02. The molecular formula is C60H44N2. The van der Waals surface area contributed by atoms with Gasteiger partial charge in [0.15, 0.2) is 0 Å². The van der Waals surface area contributed by atoms with Crippen LogP contribution in [0.1, 0.15) is 18.4 Å². The lowest BCUT2D eigenvalue weighted by Gasteiger charge is -2.27. The molecule has 0 fully saturated rings. The number of hydrogen-bond acceptors (Lipinski definition) is 2. The number of rotatable bonds is 11. The number of nitrogens with zero attached hydrogens (tertiary/aromatic N) is 2. The van der Waals surface area contributed by atoms with Gasteiger partial charge in [0.05, 0.1) is 5.69 Å². The normalized spacial score (nSPS) is 12.0. The summed E-state index contributed by atoms with van der Waals surface area (Å²) in [4.78, 5) is 4.66. The van der Waals surface area contributed by atoms with Crippen LogP contribution in [0.2, 0.25) is 0 Å². The Bertz CT molecular complexity index is 2950. The standard InChI is InChI=1S/C60H44N2/c1-6-17-45(18-7-1)48-29-35-54(36-30-48)62(55-37-31-49(32-38-55)46-19-8-2-9-20-46)58-41-42-59(60(44-58)50-23-12-4-13-24-50)51-33-39-56(40-34-51)61(53-26-14-5-15-27-53)57-28-16-25-52(43-57)47-21-10-3-11-22-47/h1,3-4,6-8,10-14,16-44H,2,9H2. The molecule has 1 aliphatic carbocycles. The van der Waals surface area contributed by atoms with Crippen LogP contribution >= 0.6 is 0 Å². The highest BCUT2D eigenvalue weighted by atomic mass is 15.1. The second-order valence-electron chi connectivity index (χ2n) is 15.5. The third-order valence-corrected chi connectivity index (χ3v) is 11.6. The minimum Gasteiger partial charge on any atom is -0.310 e. The first-order chi connectivity index (χ1) is 30.7. The maximum Gasteiger partial charge on any atom is 0.0551 e. The van der Waals surface area contributed by atoms with Crippen molar-refractivity contribution in [2.24, 2.45) is 0 Å². The highest BCUT2D eigenvalue weighted by molar-refractivity contribution is 5.90. The fourth-order valence-electron chi connectivity index (χ4n) is 8.46. The van der Waals surface area contributed by atoms with E-state index in [2.05, 4.69) is 252 Å². The quantitative estimate of drug-likeness (QED) is 0.129. The van der Waals surface area contributed by atoms with Gasteiger partial charge >= 0.3 is 0 Å². The lowest BCUT2D eigenvalue weighted by Crippen LogP contribution is -2.10. The van der Waals surface area contributed by atoms with Gasteiger partial charge in [-0.05, 0) is 141 Å². The molecule has 1 aliphatic rings. The van der Waals surface area contributed by atoms with Crippen LogP contribution in [-0.4, -0.2) is 0 Å². The Morgan fingerprint density at radius 2 is 0.823 bits per heavy atom. The van der Waals surface area contributed by atoms with Crippen LogP contribution in [0.3, 0.4) is 0 Å². The number of anilines is 6. The molecule has 0 atom stereocenters. The topological polar surface area (TPSA) is 6.48 Å². The molecule has 0 saturated heterocycles. The second-order valence-corrected chi connectivity index (χ2v) is 15.5. The molecule has 0 aromatic heterocycles. The fraction of sp³-hybridized carbons (Fsp3) is 0.0333. The molecule has 0 N–H and O–H groups in total. The molecule has 0 heterocycles. The minimum atomic E-state index is 1.02. The fourth-order valence-corrected chi connectivity index (χ4v) is 8.46. The van der Waals surface area contributed by atoms with Crippen molar-refractivity contribution in [2.75, 3.05) is 9.80 Å². The average Bonchev–Trinajstić information content (AvgIpc) is 3.36. The summed E-state index contributed by atoms with van der Waals surface area (Å²) in [5, 5.41) is 0. The summed E-state index contributed by atoms with van der Waals surface area (Å²) in [6.45, 7) is 0. The number of benzene rings is 8. The SMILES string of the molecule is c1ccc(N(c2ccc(-c3ccc(N(c4ccc(C5=CCCC=C5)cc4)c4ccc(-c5ccccc5)cc4)cc3-c3ccccc3)cc2)c2cccc(-c3ccccc3)c2)cc#1. The van der Waals surface area contributed by atoms with Crippen molar-refractivity contribution in [1.82, 2.24) is 0 Å². The molecule has 0 spiro atoms. The van der Waals surface area contributed by atoms with Gasteiger partial charge in [0.1, 0.15) is 0 Å². The van der Waals surface area contributed by atoms with E-state index in [1.165, 1.54) is 33.4 Å². The lowest BCUT2D eigenvalue weighted by atomic mass is 9.93. The van der Waals surface area contributed by atoms with Crippen LogP contribution in [0.4, 0.5) is 34.1 Å². The molecule has 0 aliphatic heterocycles. The molecule has 0 amide bonds. The summed E-state index contributed by atoms with van der Waals surface area (Å²) in [5.41, 5.74) is 18.3. The molecule has 9 aromatic rings. The Kier molecular flexibility index (Phi) is 10.8. The van der Waals surface area contributed by atoms with Crippen LogP contribution in [0.15, 0.2) is 243 Å². The molecular weight excluding hydrogens is 749 g/mol. The first-order valence-corrected chi connectivity index (χ1v) is 21.3. The summed E-state index contributed by atoms with van der Waals surface area (Å²) in [7, 11) is 0. The highest BCUT2D eigenvalue weighted by Gasteiger charge is 2.19. The van der Waals surface area contributed by atoms with E-state index in [0.717, 1.165) is 69.2 Å². The zero-order valence-electron chi connectivity index (χ0n) is 34.4. The largest absolute Gasteiger partial charge is 0.310 e. The van der Waals surface area contributed by atoms with E-state index < -0.39 is 0 Å². The summed E-state index contributed by atoms with van der Waals surface area (Å²) in [5.74, 6) is 0. The van der Waals surface area contributed by atoms with Crippen LogP contribution < -0.4 is 9.80 Å². The van der Waals surface area contributed by atoms with Crippen molar-refractivity contribution >= 4 is 39.7 Å². The van der Waals surface area contributed by atoms with E-state index >= 15 is 0 Å². The zero-order chi connectivity index (χ0) is 41.5. The average molecular weight is 793 g/mol. The van der Waals surface area contributed by atoms with Crippen molar-refractivity contribution in [3.63, 3.8) is 0 Å². The molecule has 0 radical (unpaired) electrons. The van der Waals surface area contributed by atoms with Crippen molar-refractivity contribution < 1.29 is 0 Å². The van der Waals surface area contributed by atoms with E-state index in [1.54, 1.807) is 0 Å².